The first-order chi connectivity index (χ1) is 14.4. The Hall–Kier alpha value is -4.15. The van der Waals surface area contributed by atoms with Crippen molar-refractivity contribution >= 4 is 29.0 Å². The summed E-state index contributed by atoms with van der Waals surface area (Å²) in [5, 5.41) is 12.6. The first kappa shape index (κ1) is 20.6. The van der Waals surface area contributed by atoms with Crippen molar-refractivity contribution in [2.24, 2.45) is 0 Å². The van der Waals surface area contributed by atoms with Gasteiger partial charge in [-0.2, -0.15) is 0 Å². The average molecular weight is 414 g/mol. The lowest BCUT2D eigenvalue weighted by atomic mass is 10.2. The first-order valence-corrected chi connectivity index (χ1v) is 8.69. The van der Waals surface area contributed by atoms with Crippen LogP contribution in [0.2, 0.25) is 0 Å². The second kappa shape index (κ2) is 8.90. The quantitative estimate of drug-likeness (QED) is 0.538. The fourth-order valence-corrected chi connectivity index (χ4v) is 2.58. The number of hydrogen-bond donors (Lipinski definition) is 3. The van der Waals surface area contributed by atoms with Crippen LogP contribution in [0.4, 0.5) is 21.6 Å². The molecule has 0 aliphatic heterocycles. The van der Waals surface area contributed by atoms with Gasteiger partial charge in [0.05, 0.1) is 19.9 Å². The van der Waals surface area contributed by atoms with Crippen LogP contribution in [0.3, 0.4) is 0 Å². The number of amides is 2. The van der Waals surface area contributed by atoms with Crippen LogP contribution in [-0.4, -0.2) is 41.0 Å². The summed E-state index contributed by atoms with van der Waals surface area (Å²) in [6, 6.07) is 10.3. The summed E-state index contributed by atoms with van der Waals surface area (Å²) in [5.41, 5.74) is 6.38. The van der Waals surface area contributed by atoms with E-state index in [1.807, 2.05) is 0 Å². The smallest absolute Gasteiger partial charge is 0.280 e. The molecule has 30 heavy (non-hydrogen) atoms. The van der Waals surface area contributed by atoms with E-state index in [0.29, 0.717) is 17.2 Å². The summed E-state index contributed by atoms with van der Waals surface area (Å²) in [6.07, 6.45) is 0. The van der Waals surface area contributed by atoms with Gasteiger partial charge in [0.15, 0.2) is 11.5 Å². The van der Waals surface area contributed by atoms with Crippen molar-refractivity contribution in [2.45, 2.75) is 6.54 Å². The zero-order valence-corrected chi connectivity index (χ0v) is 16.2. The highest BCUT2D eigenvalue weighted by Gasteiger charge is 2.20. The number of ether oxygens (including phenoxy) is 2. The molecular formula is C19H19FN6O4. The zero-order chi connectivity index (χ0) is 21.7. The fraction of sp³-hybridized carbons (Fsp3) is 0.158. The maximum absolute atomic E-state index is 13.3. The summed E-state index contributed by atoms with van der Waals surface area (Å²) in [7, 11) is 2.98. The van der Waals surface area contributed by atoms with Crippen LogP contribution < -0.4 is 25.8 Å². The van der Waals surface area contributed by atoms with Crippen molar-refractivity contribution < 1.29 is 23.5 Å². The SMILES string of the molecule is COc1ccc(NC(=O)Cn2nnc(C(=O)Nc3cccc(F)c3)c2N)c(OC)c1. The van der Waals surface area contributed by atoms with E-state index in [1.165, 1.54) is 32.4 Å². The molecule has 1 heterocycles. The highest BCUT2D eigenvalue weighted by molar-refractivity contribution is 6.05. The van der Waals surface area contributed by atoms with E-state index < -0.39 is 17.6 Å². The summed E-state index contributed by atoms with van der Waals surface area (Å²) in [6.45, 7) is -0.290. The Bertz CT molecular complexity index is 1080. The molecular weight excluding hydrogens is 395 g/mol. The minimum atomic E-state index is -0.679. The van der Waals surface area contributed by atoms with Gasteiger partial charge in [0.25, 0.3) is 5.91 Å². The Morgan fingerprint density at radius 2 is 1.93 bits per heavy atom. The van der Waals surface area contributed by atoms with Gasteiger partial charge in [0.1, 0.15) is 23.9 Å². The number of hydrogen-bond acceptors (Lipinski definition) is 7. The average Bonchev–Trinajstić information content (AvgIpc) is 3.08. The Morgan fingerprint density at radius 3 is 2.63 bits per heavy atom. The molecule has 0 saturated heterocycles. The van der Waals surface area contributed by atoms with E-state index in [-0.39, 0.29) is 23.7 Å². The Morgan fingerprint density at radius 1 is 1.13 bits per heavy atom. The molecule has 0 radical (unpaired) electrons. The van der Waals surface area contributed by atoms with Crippen LogP contribution in [0, 0.1) is 5.82 Å². The van der Waals surface area contributed by atoms with Gasteiger partial charge in [-0.15, -0.1) is 5.10 Å². The number of nitrogen functional groups attached to an aromatic ring is 1. The minimum absolute atomic E-state index is 0.110. The summed E-state index contributed by atoms with van der Waals surface area (Å²) in [4.78, 5) is 24.7. The van der Waals surface area contributed by atoms with E-state index in [0.717, 1.165) is 10.7 Å². The third-order valence-corrected chi connectivity index (χ3v) is 4.05. The lowest BCUT2D eigenvalue weighted by molar-refractivity contribution is -0.116. The van der Waals surface area contributed by atoms with Crippen molar-refractivity contribution in [3.63, 3.8) is 0 Å². The van der Waals surface area contributed by atoms with Crippen molar-refractivity contribution in [2.75, 3.05) is 30.6 Å². The maximum atomic E-state index is 13.3. The standard InChI is InChI=1S/C19H19FN6O4/c1-29-13-6-7-14(15(9-13)30-2)23-16(27)10-26-18(21)17(24-25-26)19(28)22-12-5-3-4-11(20)8-12/h3-9H,10,21H2,1-2H3,(H,22,28)(H,23,27). The Balaban J connectivity index is 1.69. The molecule has 11 heteroatoms. The van der Waals surface area contributed by atoms with E-state index in [9.17, 15) is 14.0 Å². The Kier molecular flexibility index (Phi) is 6.11. The van der Waals surface area contributed by atoms with E-state index in [2.05, 4.69) is 20.9 Å². The van der Waals surface area contributed by atoms with Gasteiger partial charge in [-0.3, -0.25) is 9.59 Å². The van der Waals surface area contributed by atoms with Crippen molar-refractivity contribution in [1.29, 1.82) is 0 Å². The lowest BCUT2D eigenvalue weighted by Gasteiger charge is -2.11. The van der Waals surface area contributed by atoms with Gasteiger partial charge < -0.3 is 25.8 Å². The number of nitrogens with zero attached hydrogens (tertiary/aromatic N) is 3. The normalized spacial score (nSPS) is 10.4. The zero-order valence-electron chi connectivity index (χ0n) is 16.2. The molecule has 2 amide bonds. The minimum Gasteiger partial charge on any atom is -0.497 e. The van der Waals surface area contributed by atoms with Gasteiger partial charge in [0, 0.05) is 11.8 Å². The highest BCUT2D eigenvalue weighted by atomic mass is 19.1. The number of carbonyl (C=O) groups excluding carboxylic acids is 2. The number of methoxy groups -OCH3 is 2. The highest BCUT2D eigenvalue weighted by Crippen LogP contribution is 2.29. The predicted octanol–water partition coefficient (Wildman–Crippen LogP) is 1.91. The number of benzene rings is 2. The summed E-state index contributed by atoms with van der Waals surface area (Å²) < 4.78 is 24.7. The molecule has 4 N–H and O–H groups in total. The molecule has 0 bridgehead atoms. The number of anilines is 3. The molecule has 10 nitrogen and oxygen atoms in total. The number of nitrogens with two attached hydrogens (primary N) is 1. The summed E-state index contributed by atoms with van der Waals surface area (Å²) in [5.74, 6) is -0.784. The molecule has 0 fully saturated rings. The topological polar surface area (TPSA) is 133 Å². The van der Waals surface area contributed by atoms with Crippen LogP contribution in [0.25, 0.3) is 0 Å². The largest absolute Gasteiger partial charge is 0.497 e. The van der Waals surface area contributed by atoms with Crippen LogP contribution in [0.1, 0.15) is 10.5 Å². The fourth-order valence-electron chi connectivity index (χ4n) is 2.58. The number of carbonyl (C=O) groups is 2. The van der Waals surface area contributed by atoms with E-state index >= 15 is 0 Å². The predicted molar refractivity (Wildman–Crippen MR) is 107 cm³/mol. The second-order valence-corrected chi connectivity index (χ2v) is 6.06. The van der Waals surface area contributed by atoms with Gasteiger partial charge in [-0.1, -0.05) is 11.3 Å². The summed E-state index contributed by atoms with van der Waals surface area (Å²) >= 11 is 0. The molecule has 3 aromatic rings. The molecule has 0 atom stereocenters. The first-order valence-electron chi connectivity index (χ1n) is 8.69. The van der Waals surface area contributed by atoms with Crippen LogP contribution >= 0.6 is 0 Å². The van der Waals surface area contributed by atoms with Gasteiger partial charge in [0.2, 0.25) is 5.91 Å². The van der Waals surface area contributed by atoms with E-state index in [4.69, 9.17) is 15.2 Å². The van der Waals surface area contributed by atoms with Gasteiger partial charge in [-0.25, -0.2) is 9.07 Å². The molecule has 2 aromatic carbocycles. The van der Waals surface area contributed by atoms with Crippen molar-refractivity contribution in [1.82, 2.24) is 15.0 Å². The van der Waals surface area contributed by atoms with Gasteiger partial charge >= 0.3 is 0 Å². The number of nitrogens with one attached hydrogen (secondary N) is 2. The molecule has 0 unspecified atom stereocenters. The molecule has 1 aromatic heterocycles. The molecule has 0 aliphatic rings. The third-order valence-electron chi connectivity index (χ3n) is 4.05. The second-order valence-electron chi connectivity index (χ2n) is 6.06. The molecule has 0 spiro atoms. The lowest BCUT2D eigenvalue weighted by Crippen LogP contribution is -2.21. The number of rotatable bonds is 7. The van der Waals surface area contributed by atoms with Gasteiger partial charge in [-0.05, 0) is 30.3 Å². The molecule has 0 saturated carbocycles. The van der Waals surface area contributed by atoms with Crippen molar-refractivity contribution in [3.05, 3.63) is 54.0 Å². The number of halogens is 1. The molecule has 3 rings (SSSR count). The molecule has 156 valence electrons. The van der Waals surface area contributed by atoms with Crippen LogP contribution in [0.5, 0.6) is 11.5 Å². The molecule has 0 aliphatic carbocycles. The van der Waals surface area contributed by atoms with Crippen LogP contribution in [0.15, 0.2) is 42.5 Å². The Labute approximate surface area is 170 Å². The monoisotopic (exact) mass is 414 g/mol. The maximum Gasteiger partial charge on any atom is 0.280 e. The van der Waals surface area contributed by atoms with Crippen molar-refractivity contribution in [3.8, 4) is 11.5 Å². The third kappa shape index (κ3) is 4.63. The van der Waals surface area contributed by atoms with E-state index in [1.54, 1.807) is 18.2 Å². The van der Waals surface area contributed by atoms with Crippen LogP contribution in [-0.2, 0) is 11.3 Å². The number of aromatic nitrogens is 3.